The third-order valence-electron chi connectivity index (χ3n) is 3.19. The van der Waals surface area contributed by atoms with Crippen LogP contribution in [-0.2, 0) is 5.54 Å². The average molecular weight is 259 g/mol. The van der Waals surface area contributed by atoms with Gasteiger partial charge in [-0.2, -0.15) is 5.10 Å². The van der Waals surface area contributed by atoms with Crippen LogP contribution in [0.1, 0.15) is 13.8 Å². The van der Waals surface area contributed by atoms with Gasteiger partial charge < -0.3 is 9.67 Å². The van der Waals surface area contributed by atoms with Gasteiger partial charge in [-0.1, -0.05) is 0 Å². The van der Waals surface area contributed by atoms with Crippen molar-refractivity contribution in [3.63, 3.8) is 0 Å². The summed E-state index contributed by atoms with van der Waals surface area (Å²) in [7, 11) is 0. The minimum Gasteiger partial charge on any atom is -0.394 e. The molecule has 3 rings (SSSR count). The summed E-state index contributed by atoms with van der Waals surface area (Å²) in [6.07, 6.45) is 3.25. The van der Waals surface area contributed by atoms with Gasteiger partial charge >= 0.3 is 0 Å². The highest BCUT2D eigenvalue weighted by atomic mass is 16.3. The van der Waals surface area contributed by atoms with E-state index in [1.54, 1.807) is 42.9 Å². The average Bonchev–Trinajstić information content (AvgIpc) is 2.87. The van der Waals surface area contributed by atoms with Crippen LogP contribution in [0.3, 0.4) is 0 Å². The normalized spacial score (nSPS) is 12.4. The van der Waals surface area contributed by atoms with Crippen molar-refractivity contribution in [2.75, 3.05) is 6.61 Å². The van der Waals surface area contributed by atoms with Crippen molar-refractivity contribution in [3.05, 3.63) is 34.9 Å². The predicted octanol–water partition coefficient (Wildman–Crippen LogP) is 0.167. The molecule has 19 heavy (non-hydrogen) atoms. The van der Waals surface area contributed by atoms with Gasteiger partial charge in [-0.05, 0) is 19.9 Å². The molecule has 0 unspecified atom stereocenters. The summed E-state index contributed by atoms with van der Waals surface area (Å²) in [6.45, 7) is 3.41. The molecule has 0 saturated heterocycles. The number of fused-ring (bicyclic) bond motifs is 3. The van der Waals surface area contributed by atoms with Gasteiger partial charge in [0.15, 0.2) is 11.2 Å². The van der Waals surface area contributed by atoms with E-state index in [-0.39, 0.29) is 17.7 Å². The molecule has 0 aliphatic rings. The Kier molecular flexibility index (Phi) is 2.39. The molecule has 0 aliphatic heterocycles. The summed E-state index contributed by atoms with van der Waals surface area (Å²) >= 11 is 0. The number of rotatable bonds is 2. The minimum atomic E-state index is -0.688. The molecular formula is C12H13N5O2. The second kappa shape index (κ2) is 3.86. The number of nitrogens with zero attached hydrogens (tertiary/aromatic N) is 5. The fourth-order valence-electron chi connectivity index (χ4n) is 1.99. The van der Waals surface area contributed by atoms with Crippen LogP contribution >= 0.6 is 0 Å². The Balaban J connectivity index is 2.40. The maximum atomic E-state index is 12.4. The van der Waals surface area contributed by atoms with Crippen molar-refractivity contribution < 1.29 is 5.11 Å². The maximum Gasteiger partial charge on any atom is 0.281 e. The number of pyridine rings is 1. The second-order valence-electron chi connectivity index (χ2n) is 5.00. The minimum absolute atomic E-state index is 0.143. The molecule has 3 heterocycles. The maximum absolute atomic E-state index is 12.4. The first-order valence-corrected chi connectivity index (χ1v) is 5.88. The first-order valence-electron chi connectivity index (χ1n) is 5.88. The second-order valence-corrected chi connectivity index (χ2v) is 5.00. The van der Waals surface area contributed by atoms with Gasteiger partial charge in [0.25, 0.3) is 5.56 Å². The lowest BCUT2D eigenvalue weighted by molar-refractivity contribution is 0.161. The molecule has 0 amide bonds. The molecule has 0 fully saturated rings. The van der Waals surface area contributed by atoms with Crippen molar-refractivity contribution in [2.24, 2.45) is 0 Å². The molecule has 0 aromatic carbocycles. The Morgan fingerprint density at radius 3 is 2.84 bits per heavy atom. The Morgan fingerprint density at radius 1 is 1.32 bits per heavy atom. The number of hydrogen-bond donors (Lipinski definition) is 1. The van der Waals surface area contributed by atoms with Crippen molar-refractivity contribution in [1.82, 2.24) is 24.4 Å². The number of aliphatic hydroxyl groups excluding tert-OH is 1. The highest BCUT2D eigenvalue weighted by molar-refractivity contribution is 5.74. The van der Waals surface area contributed by atoms with Gasteiger partial charge in [0.2, 0.25) is 0 Å². The molecule has 0 spiro atoms. The summed E-state index contributed by atoms with van der Waals surface area (Å²) in [6, 6.07) is 3.47. The molecule has 0 saturated carbocycles. The van der Waals surface area contributed by atoms with Gasteiger partial charge in [0.05, 0.1) is 18.3 Å². The van der Waals surface area contributed by atoms with Crippen molar-refractivity contribution in [3.8, 4) is 0 Å². The van der Waals surface area contributed by atoms with E-state index in [1.807, 2.05) is 0 Å². The lowest BCUT2D eigenvalue weighted by Gasteiger charge is -2.24. The van der Waals surface area contributed by atoms with Crippen LogP contribution in [0.25, 0.3) is 16.7 Å². The van der Waals surface area contributed by atoms with Crippen LogP contribution in [0.4, 0.5) is 0 Å². The lowest BCUT2D eigenvalue weighted by Crippen LogP contribution is -2.39. The van der Waals surface area contributed by atoms with E-state index in [0.717, 1.165) is 0 Å². The smallest absolute Gasteiger partial charge is 0.281 e. The zero-order valence-electron chi connectivity index (χ0n) is 10.6. The molecule has 0 aliphatic carbocycles. The van der Waals surface area contributed by atoms with Crippen LogP contribution < -0.4 is 5.56 Å². The van der Waals surface area contributed by atoms with E-state index < -0.39 is 5.54 Å². The molecule has 3 aromatic rings. The van der Waals surface area contributed by atoms with Crippen molar-refractivity contribution in [2.45, 2.75) is 19.4 Å². The van der Waals surface area contributed by atoms with E-state index in [9.17, 15) is 9.90 Å². The Hall–Kier alpha value is -2.28. The SMILES string of the molecule is CC(C)(CO)n1ccc2c(nnc3ccnn32)c1=O. The Morgan fingerprint density at radius 2 is 2.11 bits per heavy atom. The molecule has 1 N–H and O–H groups in total. The molecular weight excluding hydrogens is 246 g/mol. The quantitative estimate of drug-likeness (QED) is 0.709. The topological polar surface area (TPSA) is 85.3 Å². The summed E-state index contributed by atoms with van der Waals surface area (Å²) < 4.78 is 3.03. The molecule has 0 radical (unpaired) electrons. The third-order valence-corrected chi connectivity index (χ3v) is 3.19. The zero-order chi connectivity index (χ0) is 13.6. The first kappa shape index (κ1) is 11.8. The highest BCUT2D eigenvalue weighted by Gasteiger charge is 2.22. The molecule has 0 bridgehead atoms. The van der Waals surface area contributed by atoms with E-state index in [0.29, 0.717) is 11.2 Å². The van der Waals surface area contributed by atoms with Crippen LogP contribution in [-0.4, -0.2) is 36.1 Å². The highest BCUT2D eigenvalue weighted by Crippen LogP contribution is 2.14. The third kappa shape index (κ3) is 1.62. The van der Waals surface area contributed by atoms with Crippen molar-refractivity contribution in [1.29, 1.82) is 0 Å². The number of aliphatic hydroxyl groups is 1. The summed E-state index contributed by atoms with van der Waals surface area (Å²) in [5.74, 6) is 0. The fraction of sp³-hybridized carbons (Fsp3) is 0.333. The van der Waals surface area contributed by atoms with Gasteiger partial charge in [0.1, 0.15) is 5.52 Å². The van der Waals surface area contributed by atoms with Crippen LogP contribution in [0, 0.1) is 0 Å². The number of hydrogen-bond acceptors (Lipinski definition) is 5. The van der Waals surface area contributed by atoms with Crippen LogP contribution in [0.2, 0.25) is 0 Å². The lowest BCUT2D eigenvalue weighted by atomic mass is 10.1. The summed E-state index contributed by atoms with van der Waals surface area (Å²) in [4.78, 5) is 12.4. The largest absolute Gasteiger partial charge is 0.394 e. The van der Waals surface area contributed by atoms with E-state index in [2.05, 4.69) is 15.3 Å². The molecule has 0 atom stereocenters. The van der Waals surface area contributed by atoms with Crippen LogP contribution in [0.15, 0.2) is 29.3 Å². The van der Waals surface area contributed by atoms with Gasteiger partial charge in [0, 0.05) is 12.3 Å². The first-order chi connectivity index (χ1) is 9.04. The van der Waals surface area contributed by atoms with Gasteiger partial charge in [-0.25, -0.2) is 4.52 Å². The monoisotopic (exact) mass is 259 g/mol. The Bertz CT molecular complexity index is 818. The molecule has 98 valence electrons. The summed E-state index contributed by atoms with van der Waals surface area (Å²) in [5.41, 5.74) is 0.448. The Labute approximate surface area is 108 Å². The van der Waals surface area contributed by atoms with E-state index in [4.69, 9.17) is 0 Å². The molecule has 7 heteroatoms. The standard InChI is InChI=1S/C12H13N5O2/c1-12(2,7-18)16-6-4-8-10(11(16)19)15-14-9-3-5-13-17(8)9/h3-6,18H,7H2,1-2H3. The fourth-order valence-corrected chi connectivity index (χ4v) is 1.99. The number of aromatic nitrogens is 5. The molecule has 3 aromatic heterocycles. The van der Waals surface area contributed by atoms with E-state index >= 15 is 0 Å². The van der Waals surface area contributed by atoms with Crippen LogP contribution in [0.5, 0.6) is 0 Å². The van der Waals surface area contributed by atoms with Crippen molar-refractivity contribution >= 4 is 16.7 Å². The zero-order valence-corrected chi connectivity index (χ0v) is 10.6. The van der Waals surface area contributed by atoms with E-state index in [1.165, 1.54) is 4.57 Å². The molecule has 7 nitrogen and oxygen atoms in total. The van der Waals surface area contributed by atoms with Gasteiger partial charge in [-0.3, -0.25) is 4.79 Å². The predicted molar refractivity (Wildman–Crippen MR) is 69.0 cm³/mol. The summed E-state index contributed by atoms with van der Waals surface area (Å²) in [5, 5.41) is 21.4. The van der Waals surface area contributed by atoms with Gasteiger partial charge in [-0.15, -0.1) is 10.2 Å².